The molecule has 2 aromatic heterocycles. The van der Waals surface area contributed by atoms with Gasteiger partial charge in [-0.3, -0.25) is 4.79 Å². The molecule has 0 spiro atoms. The fourth-order valence-electron chi connectivity index (χ4n) is 4.76. The molecule has 1 atom stereocenters. The lowest BCUT2D eigenvalue weighted by Crippen LogP contribution is -2.25. The number of imidazole rings is 1. The highest BCUT2D eigenvalue weighted by molar-refractivity contribution is 6.12. The number of aromatic amines is 1. The van der Waals surface area contributed by atoms with E-state index in [1.165, 1.54) is 28.6 Å². The van der Waals surface area contributed by atoms with Crippen molar-refractivity contribution in [3.05, 3.63) is 64.9 Å². The number of para-hydroxylation sites is 1. The van der Waals surface area contributed by atoms with Gasteiger partial charge in [0.05, 0.1) is 17.5 Å². The Balaban J connectivity index is 0.000000265. The normalized spacial score (nSPS) is 17.2. The van der Waals surface area contributed by atoms with E-state index in [-0.39, 0.29) is 5.92 Å². The zero-order valence-electron chi connectivity index (χ0n) is 17.8. The van der Waals surface area contributed by atoms with Gasteiger partial charge in [0, 0.05) is 53.4 Å². The van der Waals surface area contributed by atoms with Crippen molar-refractivity contribution in [3.63, 3.8) is 0 Å². The molecule has 32 heavy (non-hydrogen) atoms. The van der Waals surface area contributed by atoms with Crippen LogP contribution < -0.4 is 0 Å². The molecular formula is C24H25N3O5. The number of fused-ring (bicyclic) bond motifs is 3. The second-order valence-corrected chi connectivity index (χ2v) is 8.18. The van der Waals surface area contributed by atoms with E-state index in [4.69, 9.17) is 10.2 Å². The van der Waals surface area contributed by atoms with Gasteiger partial charge in [0.15, 0.2) is 5.78 Å². The molecule has 8 heteroatoms. The van der Waals surface area contributed by atoms with Crippen LogP contribution in [-0.2, 0) is 35.4 Å². The number of carboxylic acids is 2. The fraction of sp³-hybridized carbons (Fsp3) is 0.333. The maximum atomic E-state index is 13.3. The summed E-state index contributed by atoms with van der Waals surface area (Å²) in [5.41, 5.74) is 7.11. The molecule has 0 bridgehead atoms. The molecule has 1 aliphatic carbocycles. The Hall–Kier alpha value is -3.68. The molecule has 2 aliphatic rings. The van der Waals surface area contributed by atoms with Gasteiger partial charge in [0.1, 0.15) is 0 Å². The molecule has 1 unspecified atom stereocenters. The number of H-pyrrole nitrogens is 1. The number of carbonyl (C=O) groups is 3. The SMILES string of the molecule is Cc1[nH]cnc1CC1CCc2c(c3cccc4c3n2CCC4)C1=O.O=C(O)C=CC(=O)O. The van der Waals surface area contributed by atoms with E-state index in [0.717, 1.165) is 49.2 Å². The van der Waals surface area contributed by atoms with Crippen LogP contribution in [0.1, 0.15) is 45.8 Å². The van der Waals surface area contributed by atoms with Gasteiger partial charge in [-0.25, -0.2) is 14.6 Å². The number of Topliss-reactive ketones (excluding diaryl/α,β-unsaturated/α-hetero) is 1. The molecular weight excluding hydrogens is 410 g/mol. The van der Waals surface area contributed by atoms with Gasteiger partial charge in [0.25, 0.3) is 0 Å². The second-order valence-electron chi connectivity index (χ2n) is 8.18. The topological polar surface area (TPSA) is 125 Å². The van der Waals surface area contributed by atoms with Crippen LogP contribution in [0.3, 0.4) is 0 Å². The van der Waals surface area contributed by atoms with Crippen LogP contribution in [-0.4, -0.2) is 42.5 Å². The summed E-state index contributed by atoms with van der Waals surface area (Å²) in [5.74, 6) is -2.13. The Kier molecular flexibility index (Phi) is 5.94. The molecule has 3 N–H and O–H groups in total. The van der Waals surface area contributed by atoms with E-state index in [2.05, 4.69) is 32.7 Å². The highest BCUT2D eigenvalue weighted by atomic mass is 16.4. The first-order valence-corrected chi connectivity index (χ1v) is 10.7. The summed E-state index contributed by atoms with van der Waals surface area (Å²) in [4.78, 5) is 39.9. The molecule has 8 nitrogen and oxygen atoms in total. The van der Waals surface area contributed by atoms with Crippen molar-refractivity contribution in [2.75, 3.05) is 0 Å². The Labute approximate surface area is 184 Å². The third-order valence-electron chi connectivity index (χ3n) is 6.19. The number of hydrogen-bond donors (Lipinski definition) is 3. The number of carbonyl (C=O) groups excluding carboxylic acids is 1. The zero-order chi connectivity index (χ0) is 22.8. The standard InChI is InChI=1S/C20H21N3O.C4H4O4/c1-12-16(22-11-21-12)10-14-7-8-17-18(20(14)24)15-6-2-4-13-5-3-9-23(17)19(13)15;5-3(6)1-2-4(7)8/h2,4,6,11,14H,3,5,7-10H2,1H3,(H,21,22);1-2H,(H,5,6)(H,7,8). The van der Waals surface area contributed by atoms with Gasteiger partial charge in [0.2, 0.25) is 0 Å². The average Bonchev–Trinajstić information content (AvgIpc) is 3.32. The monoisotopic (exact) mass is 435 g/mol. The number of nitrogens with zero attached hydrogens (tertiary/aromatic N) is 2. The van der Waals surface area contributed by atoms with Crippen LogP contribution in [0.2, 0.25) is 0 Å². The number of nitrogens with one attached hydrogen (secondary N) is 1. The van der Waals surface area contributed by atoms with Crippen molar-refractivity contribution in [2.24, 2.45) is 5.92 Å². The molecule has 0 amide bonds. The minimum Gasteiger partial charge on any atom is -0.478 e. The van der Waals surface area contributed by atoms with Crippen molar-refractivity contribution in [3.8, 4) is 0 Å². The smallest absolute Gasteiger partial charge is 0.328 e. The van der Waals surface area contributed by atoms with Gasteiger partial charge in [-0.2, -0.15) is 0 Å². The number of ketones is 1. The first kappa shape index (κ1) is 21.5. The maximum absolute atomic E-state index is 13.3. The number of carboxylic acid groups (broad SMARTS) is 2. The second kappa shape index (κ2) is 8.82. The Morgan fingerprint density at radius 1 is 1.22 bits per heavy atom. The lowest BCUT2D eigenvalue weighted by atomic mass is 9.82. The van der Waals surface area contributed by atoms with E-state index in [1.54, 1.807) is 6.33 Å². The first-order chi connectivity index (χ1) is 15.4. The third kappa shape index (κ3) is 4.08. The van der Waals surface area contributed by atoms with Crippen LogP contribution in [0.15, 0.2) is 36.7 Å². The summed E-state index contributed by atoms with van der Waals surface area (Å²) in [7, 11) is 0. The largest absolute Gasteiger partial charge is 0.478 e. The number of aromatic nitrogens is 3. The first-order valence-electron chi connectivity index (χ1n) is 10.7. The van der Waals surface area contributed by atoms with E-state index in [9.17, 15) is 14.4 Å². The summed E-state index contributed by atoms with van der Waals surface area (Å²) in [6, 6.07) is 6.47. The highest BCUT2D eigenvalue weighted by Gasteiger charge is 2.34. The van der Waals surface area contributed by atoms with Crippen LogP contribution in [0, 0.1) is 12.8 Å². The molecule has 5 rings (SSSR count). The lowest BCUT2D eigenvalue weighted by Gasteiger charge is -2.23. The van der Waals surface area contributed by atoms with E-state index in [1.807, 2.05) is 6.92 Å². The highest BCUT2D eigenvalue weighted by Crippen LogP contribution is 2.38. The van der Waals surface area contributed by atoms with Crippen LogP contribution >= 0.6 is 0 Å². The number of rotatable bonds is 4. The van der Waals surface area contributed by atoms with Gasteiger partial charge in [-0.15, -0.1) is 0 Å². The predicted molar refractivity (Wildman–Crippen MR) is 118 cm³/mol. The summed E-state index contributed by atoms with van der Waals surface area (Å²) in [6.45, 7) is 3.08. The van der Waals surface area contributed by atoms with E-state index < -0.39 is 11.9 Å². The Morgan fingerprint density at radius 3 is 2.62 bits per heavy atom. The molecule has 1 aliphatic heterocycles. The molecule has 0 saturated carbocycles. The van der Waals surface area contributed by atoms with Crippen molar-refractivity contribution in [1.82, 2.24) is 14.5 Å². The number of aliphatic carboxylic acids is 2. The summed E-state index contributed by atoms with van der Waals surface area (Å²) in [5, 5.41) is 16.8. The molecule has 0 fully saturated rings. The van der Waals surface area contributed by atoms with Crippen molar-refractivity contribution in [1.29, 1.82) is 0 Å². The van der Waals surface area contributed by atoms with Crippen LogP contribution in [0.25, 0.3) is 10.9 Å². The molecule has 0 saturated heterocycles. The van der Waals surface area contributed by atoms with Crippen molar-refractivity contribution in [2.45, 2.75) is 45.6 Å². The maximum Gasteiger partial charge on any atom is 0.328 e. The summed E-state index contributed by atoms with van der Waals surface area (Å²) < 4.78 is 2.43. The molecule has 166 valence electrons. The van der Waals surface area contributed by atoms with Crippen molar-refractivity contribution >= 4 is 28.6 Å². The number of hydrogen-bond acceptors (Lipinski definition) is 4. The van der Waals surface area contributed by atoms with Gasteiger partial charge in [-0.1, -0.05) is 18.2 Å². The number of benzene rings is 1. The molecule has 3 aromatic rings. The minimum atomic E-state index is -1.26. The average molecular weight is 435 g/mol. The minimum absolute atomic E-state index is 0.0583. The quantitative estimate of drug-likeness (QED) is 0.540. The third-order valence-corrected chi connectivity index (χ3v) is 6.19. The van der Waals surface area contributed by atoms with Crippen LogP contribution in [0.4, 0.5) is 0 Å². The lowest BCUT2D eigenvalue weighted by molar-refractivity contribution is -0.134. The molecule has 0 radical (unpaired) electrons. The molecule has 3 heterocycles. The Bertz CT molecular complexity index is 1220. The van der Waals surface area contributed by atoms with Gasteiger partial charge < -0.3 is 19.8 Å². The van der Waals surface area contributed by atoms with Gasteiger partial charge >= 0.3 is 11.9 Å². The van der Waals surface area contributed by atoms with E-state index in [0.29, 0.717) is 17.9 Å². The summed E-state index contributed by atoms with van der Waals surface area (Å²) >= 11 is 0. The molecule has 1 aromatic carbocycles. The zero-order valence-corrected chi connectivity index (χ0v) is 17.8. The number of aryl methyl sites for hydroxylation is 3. The van der Waals surface area contributed by atoms with Crippen LogP contribution in [0.5, 0.6) is 0 Å². The predicted octanol–water partition coefficient (Wildman–Crippen LogP) is 3.32. The summed E-state index contributed by atoms with van der Waals surface area (Å²) in [6.07, 6.45) is 7.84. The van der Waals surface area contributed by atoms with E-state index >= 15 is 0 Å². The Morgan fingerprint density at radius 2 is 1.97 bits per heavy atom. The van der Waals surface area contributed by atoms with Gasteiger partial charge in [-0.05, 0) is 38.2 Å². The van der Waals surface area contributed by atoms with Crippen molar-refractivity contribution < 1.29 is 24.6 Å². The fourth-order valence-corrected chi connectivity index (χ4v) is 4.76.